The van der Waals surface area contributed by atoms with Crippen LogP contribution in [0.3, 0.4) is 0 Å². The van der Waals surface area contributed by atoms with Crippen LogP contribution in [0.1, 0.15) is 17.4 Å². The lowest BCUT2D eigenvalue weighted by Gasteiger charge is -2.33. The maximum Gasteiger partial charge on any atom is 0.273 e. The average molecular weight is 418 g/mol. The molecule has 1 amide bonds. The minimum atomic E-state index is 0. The molecule has 142 valence electrons. The summed E-state index contributed by atoms with van der Waals surface area (Å²) < 4.78 is 11.2. The first-order chi connectivity index (χ1) is 11.7. The number of carbonyl (C=O) groups is 1. The zero-order valence-corrected chi connectivity index (χ0v) is 16.7. The van der Waals surface area contributed by atoms with E-state index in [1.807, 2.05) is 28.5 Å². The molecule has 1 aromatic heterocycles. The number of nitrogens with zero attached hydrogens (tertiary/aromatic N) is 2. The van der Waals surface area contributed by atoms with Crippen LogP contribution < -0.4 is 14.8 Å². The highest BCUT2D eigenvalue weighted by Gasteiger charge is 2.26. The number of carbonyl (C=O) groups excluding carboxylic acids is 1. The molecule has 2 aliphatic rings. The van der Waals surface area contributed by atoms with Crippen molar-refractivity contribution in [3.05, 3.63) is 29.3 Å². The van der Waals surface area contributed by atoms with Gasteiger partial charge in [-0.05, 0) is 25.1 Å². The Bertz CT molecular complexity index is 771. The summed E-state index contributed by atoms with van der Waals surface area (Å²) in [6, 6.07) is 5.96. The first-order valence-electron chi connectivity index (χ1n) is 8.09. The molecule has 0 spiro atoms. The number of hydrogen-bond acceptors (Lipinski definition) is 6. The molecule has 3 heterocycles. The van der Waals surface area contributed by atoms with Crippen molar-refractivity contribution < 1.29 is 14.3 Å². The Kier molecular flexibility index (Phi) is 7.11. The van der Waals surface area contributed by atoms with Gasteiger partial charge in [0.25, 0.3) is 5.91 Å². The second-order valence-electron chi connectivity index (χ2n) is 5.95. The molecule has 6 nitrogen and oxygen atoms in total. The minimum absolute atomic E-state index is 0. The Balaban J connectivity index is 0.00000121. The second kappa shape index (κ2) is 8.90. The van der Waals surface area contributed by atoms with Crippen LogP contribution in [0.4, 0.5) is 0 Å². The van der Waals surface area contributed by atoms with E-state index in [0.29, 0.717) is 18.9 Å². The van der Waals surface area contributed by atoms with Gasteiger partial charge in [-0.3, -0.25) is 4.79 Å². The van der Waals surface area contributed by atoms with E-state index in [9.17, 15) is 4.79 Å². The monoisotopic (exact) mass is 417 g/mol. The molecule has 0 saturated carbocycles. The number of thiazole rings is 1. The Labute approximate surface area is 168 Å². The Morgan fingerprint density at radius 1 is 1.27 bits per heavy atom. The summed E-state index contributed by atoms with van der Waals surface area (Å²) in [5.41, 5.74) is 1.45. The molecule has 2 aromatic rings. The van der Waals surface area contributed by atoms with Gasteiger partial charge in [-0.25, -0.2) is 4.98 Å². The van der Waals surface area contributed by atoms with Crippen molar-refractivity contribution >= 4 is 42.1 Å². The normalized spacial score (nSPS) is 18.5. The summed E-state index contributed by atoms with van der Waals surface area (Å²) in [7, 11) is 0. The molecule has 1 atom stereocenters. The van der Waals surface area contributed by atoms with Crippen molar-refractivity contribution in [1.82, 2.24) is 15.2 Å². The number of nitrogens with one attached hydrogen (secondary N) is 1. The fourth-order valence-electron chi connectivity index (χ4n) is 2.97. The topological polar surface area (TPSA) is 63.7 Å². The Morgan fingerprint density at radius 2 is 2.04 bits per heavy atom. The zero-order chi connectivity index (χ0) is 16.5. The van der Waals surface area contributed by atoms with E-state index in [1.165, 1.54) is 11.3 Å². The third-order valence-electron chi connectivity index (χ3n) is 4.27. The van der Waals surface area contributed by atoms with E-state index in [2.05, 4.69) is 17.2 Å². The molecule has 26 heavy (non-hydrogen) atoms. The highest BCUT2D eigenvalue weighted by atomic mass is 35.5. The molecule has 0 bridgehead atoms. The van der Waals surface area contributed by atoms with Gasteiger partial charge in [-0.15, -0.1) is 36.2 Å². The summed E-state index contributed by atoms with van der Waals surface area (Å²) in [5.74, 6) is 1.49. The molecule has 0 radical (unpaired) electrons. The molecule has 1 saturated heterocycles. The molecule has 1 aromatic carbocycles. The van der Waals surface area contributed by atoms with Crippen molar-refractivity contribution in [3.63, 3.8) is 0 Å². The molecule has 1 fully saturated rings. The van der Waals surface area contributed by atoms with Crippen LogP contribution in [-0.4, -0.2) is 54.7 Å². The van der Waals surface area contributed by atoms with Gasteiger partial charge in [-0.1, -0.05) is 0 Å². The lowest BCUT2D eigenvalue weighted by Crippen LogP contribution is -2.52. The summed E-state index contributed by atoms with van der Waals surface area (Å²) in [5, 5.41) is 5.95. The standard InChI is InChI=1S/C17H19N3O3S.2ClH/c1-11-9-18-4-5-20(11)17(21)13-10-24-16(19-13)12-2-3-14-15(8-12)23-7-6-22-14;;/h2-3,8,10-11,18H,4-7,9H2,1H3;2*1H. The van der Waals surface area contributed by atoms with Crippen LogP contribution >= 0.6 is 36.2 Å². The molecule has 9 heteroatoms. The number of aromatic nitrogens is 1. The van der Waals surface area contributed by atoms with Gasteiger partial charge in [0, 0.05) is 36.6 Å². The third-order valence-corrected chi connectivity index (χ3v) is 5.17. The lowest BCUT2D eigenvalue weighted by molar-refractivity contribution is 0.0650. The summed E-state index contributed by atoms with van der Waals surface area (Å²) in [6.07, 6.45) is 0. The highest BCUT2D eigenvalue weighted by molar-refractivity contribution is 7.13. The molecule has 1 N–H and O–H groups in total. The predicted molar refractivity (Wildman–Crippen MR) is 106 cm³/mol. The number of halogens is 2. The number of benzene rings is 1. The van der Waals surface area contributed by atoms with E-state index in [0.717, 1.165) is 41.7 Å². The number of piperazine rings is 1. The SMILES string of the molecule is CC1CNCCN1C(=O)c1csc(-c2ccc3c(c2)OCCO3)n1.Cl.Cl. The van der Waals surface area contributed by atoms with Crippen LogP contribution in [0.25, 0.3) is 10.6 Å². The van der Waals surface area contributed by atoms with E-state index in [1.54, 1.807) is 0 Å². The number of fused-ring (bicyclic) bond motifs is 1. The van der Waals surface area contributed by atoms with Gasteiger partial charge in [0.2, 0.25) is 0 Å². The van der Waals surface area contributed by atoms with Gasteiger partial charge >= 0.3 is 0 Å². The van der Waals surface area contributed by atoms with Crippen molar-refractivity contribution in [2.24, 2.45) is 0 Å². The van der Waals surface area contributed by atoms with Gasteiger partial charge in [0.05, 0.1) is 0 Å². The smallest absolute Gasteiger partial charge is 0.273 e. The quantitative estimate of drug-likeness (QED) is 0.813. The summed E-state index contributed by atoms with van der Waals surface area (Å²) in [4.78, 5) is 19.1. The third kappa shape index (κ3) is 4.06. The van der Waals surface area contributed by atoms with Crippen LogP contribution in [-0.2, 0) is 0 Å². The van der Waals surface area contributed by atoms with Crippen LogP contribution in [0, 0.1) is 0 Å². The van der Waals surface area contributed by atoms with Gasteiger partial charge in [0.1, 0.15) is 23.9 Å². The maximum atomic E-state index is 12.7. The fourth-order valence-corrected chi connectivity index (χ4v) is 3.76. The van der Waals surface area contributed by atoms with Crippen molar-refractivity contribution in [2.75, 3.05) is 32.8 Å². The first kappa shape index (κ1) is 20.8. The zero-order valence-electron chi connectivity index (χ0n) is 14.3. The van der Waals surface area contributed by atoms with Crippen LogP contribution in [0.15, 0.2) is 23.6 Å². The van der Waals surface area contributed by atoms with Crippen LogP contribution in [0.2, 0.25) is 0 Å². The van der Waals surface area contributed by atoms with Gasteiger partial charge in [-0.2, -0.15) is 0 Å². The molecule has 1 unspecified atom stereocenters. The van der Waals surface area contributed by atoms with Crippen LogP contribution in [0.5, 0.6) is 11.5 Å². The second-order valence-corrected chi connectivity index (χ2v) is 6.81. The number of ether oxygens (including phenoxy) is 2. The number of amides is 1. The van der Waals surface area contributed by atoms with E-state index in [-0.39, 0.29) is 36.8 Å². The van der Waals surface area contributed by atoms with Crippen molar-refractivity contribution in [1.29, 1.82) is 0 Å². The van der Waals surface area contributed by atoms with E-state index in [4.69, 9.17) is 9.47 Å². The first-order valence-corrected chi connectivity index (χ1v) is 8.97. The lowest BCUT2D eigenvalue weighted by atomic mass is 10.2. The largest absolute Gasteiger partial charge is 0.486 e. The number of rotatable bonds is 2. The predicted octanol–water partition coefficient (Wildman–Crippen LogP) is 2.86. The summed E-state index contributed by atoms with van der Waals surface area (Å²) in [6.45, 7) is 5.55. The Morgan fingerprint density at radius 3 is 2.81 bits per heavy atom. The minimum Gasteiger partial charge on any atom is -0.486 e. The molecule has 2 aliphatic heterocycles. The maximum absolute atomic E-state index is 12.7. The average Bonchev–Trinajstić information content (AvgIpc) is 3.11. The van der Waals surface area contributed by atoms with E-state index >= 15 is 0 Å². The van der Waals surface area contributed by atoms with Crippen molar-refractivity contribution in [3.8, 4) is 22.1 Å². The highest BCUT2D eigenvalue weighted by Crippen LogP contribution is 2.35. The van der Waals surface area contributed by atoms with Gasteiger partial charge < -0.3 is 19.7 Å². The summed E-state index contributed by atoms with van der Waals surface area (Å²) >= 11 is 1.48. The molecular weight excluding hydrogens is 397 g/mol. The van der Waals surface area contributed by atoms with E-state index < -0.39 is 0 Å². The molecule has 0 aliphatic carbocycles. The number of hydrogen-bond donors (Lipinski definition) is 1. The van der Waals surface area contributed by atoms with Crippen molar-refractivity contribution in [2.45, 2.75) is 13.0 Å². The van der Waals surface area contributed by atoms with Gasteiger partial charge in [0.15, 0.2) is 11.5 Å². The fraction of sp³-hybridized carbons (Fsp3) is 0.412. The molecular formula is C17H21Cl2N3O3S. The Hall–Kier alpha value is -1.54. The molecule has 4 rings (SSSR count).